The molecule has 0 atom stereocenters. The van der Waals surface area contributed by atoms with Crippen molar-refractivity contribution < 1.29 is 14.3 Å². The first-order valence-electron chi connectivity index (χ1n) is 8.46. The molecular formula is C20H17ClFN3O3. The standard InChI is InChI=1S/C20H17ClFN3O3/c1-12(27)17-18(13-5-4-6-14(22)11-13)24-25(9-10-26)20(28)19(17)23-16-8-3-2-7-15(16)21/h2-8,11,23,26H,9-10H2,1H3. The van der Waals surface area contributed by atoms with E-state index in [9.17, 15) is 19.1 Å². The van der Waals surface area contributed by atoms with Crippen molar-refractivity contribution in [2.75, 3.05) is 11.9 Å². The summed E-state index contributed by atoms with van der Waals surface area (Å²) in [5.74, 6) is -0.927. The lowest BCUT2D eigenvalue weighted by molar-refractivity contribution is 0.101. The first-order valence-corrected chi connectivity index (χ1v) is 8.84. The highest BCUT2D eigenvalue weighted by molar-refractivity contribution is 6.33. The molecule has 144 valence electrons. The van der Waals surface area contributed by atoms with Gasteiger partial charge in [0.2, 0.25) is 0 Å². The van der Waals surface area contributed by atoms with Crippen LogP contribution in [0.4, 0.5) is 15.8 Å². The van der Waals surface area contributed by atoms with Crippen molar-refractivity contribution in [3.8, 4) is 11.3 Å². The van der Waals surface area contributed by atoms with Crippen LogP contribution < -0.4 is 10.9 Å². The number of halogens is 2. The summed E-state index contributed by atoms with van der Waals surface area (Å²) in [6, 6.07) is 12.3. The number of nitrogens with one attached hydrogen (secondary N) is 1. The Morgan fingerprint density at radius 3 is 2.64 bits per heavy atom. The number of aliphatic hydroxyl groups is 1. The maximum atomic E-state index is 13.8. The number of rotatable bonds is 6. The Labute approximate surface area is 165 Å². The van der Waals surface area contributed by atoms with Gasteiger partial charge in [-0.2, -0.15) is 5.10 Å². The second-order valence-corrected chi connectivity index (χ2v) is 6.43. The highest BCUT2D eigenvalue weighted by atomic mass is 35.5. The van der Waals surface area contributed by atoms with E-state index in [2.05, 4.69) is 10.4 Å². The number of para-hydroxylation sites is 1. The van der Waals surface area contributed by atoms with Crippen molar-refractivity contribution in [1.82, 2.24) is 9.78 Å². The van der Waals surface area contributed by atoms with Crippen molar-refractivity contribution in [3.63, 3.8) is 0 Å². The molecule has 1 aromatic heterocycles. The molecule has 3 aromatic rings. The molecule has 28 heavy (non-hydrogen) atoms. The summed E-state index contributed by atoms with van der Waals surface area (Å²) < 4.78 is 14.8. The van der Waals surface area contributed by atoms with Gasteiger partial charge < -0.3 is 10.4 Å². The average molecular weight is 402 g/mol. The lowest BCUT2D eigenvalue weighted by Crippen LogP contribution is -2.29. The zero-order chi connectivity index (χ0) is 20.3. The fourth-order valence-corrected chi connectivity index (χ4v) is 2.99. The molecule has 6 nitrogen and oxygen atoms in total. The number of benzene rings is 2. The van der Waals surface area contributed by atoms with Crippen LogP contribution in [-0.2, 0) is 6.54 Å². The second-order valence-electron chi connectivity index (χ2n) is 6.02. The van der Waals surface area contributed by atoms with E-state index >= 15 is 0 Å². The Morgan fingerprint density at radius 2 is 2.00 bits per heavy atom. The number of hydrogen-bond donors (Lipinski definition) is 2. The summed E-state index contributed by atoms with van der Waals surface area (Å²) in [6.45, 7) is 0.879. The molecule has 0 amide bonds. The molecule has 3 rings (SSSR count). The van der Waals surface area contributed by atoms with Crippen LogP contribution in [0.15, 0.2) is 53.3 Å². The molecular weight excluding hydrogens is 385 g/mol. The van der Waals surface area contributed by atoms with E-state index in [1.807, 2.05) is 0 Å². The maximum absolute atomic E-state index is 13.8. The Morgan fingerprint density at radius 1 is 1.25 bits per heavy atom. The molecule has 0 radical (unpaired) electrons. The SMILES string of the molecule is CC(=O)c1c(-c2cccc(F)c2)nn(CCO)c(=O)c1Nc1ccccc1Cl. The molecule has 1 heterocycles. The Balaban J connectivity index is 2.31. The van der Waals surface area contributed by atoms with Crippen LogP contribution in [0.1, 0.15) is 17.3 Å². The van der Waals surface area contributed by atoms with E-state index in [1.54, 1.807) is 30.3 Å². The highest BCUT2D eigenvalue weighted by Crippen LogP contribution is 2.30. The molecule has 0 unspecified atom stereocenters. The van der Waals surface area contributed by atoms with E-state index in [0.29, 0.717) is 16.3 Å². The monoisotopic (exact) mass is 401 g/mol. The van der Waals surface area contributed by atoms with E-state index in [1.165, 1.54) is 25.1 Å². The number of aliphatic hydroxyl groups excluding tert-OH is 1. The fourth-order valence-electron chi connectivity index (χ4n) is 2.81. The van der Waals surface area contributed by atoms with Crippen molar-refractivity contribution in [2.45, 2.75) is 13.5 Å². The van der Waals surface area contributed by atoms with Crippen LogP contribution in [0.5, 0.6) is 0 Å². The zero-order valence-corrected chi connectivity index (χ0v) is 15.7. The molecule has 2 aromatic carbocycles. The topological polar surface area (TPSA) is 84.2 Å². The third kappa shape index (κ3) is 3.95. The third-order valence-electron chi connectivity index (χ3n) is 4.05. The first kappa shape index (κ1) is 19.7. The van der Waals surface area contributed by atoms with E-state index in [4.69, 9.17) is 11.6 Å². The number of carbonyl (C=O) groups is 1. The Kier molecular flexibility index (Phi) is 5.87. The lowest BCUT2D eigenvalue weighted by atomic mass is 10.0. The van der Waals surface area contributed by atoms with Crippen LogP contribution >= 0.6 is 11.6 Å². The predicted molar refractivity (Wildman–Crippen MR) is 106 cm³/mol. The minimum atomic E-state index is -0.598. The highest BCUT2D eigenvalue weighted by Gasteiger charge is 2.23. The van der Waals surface area contributed by atoms with Crippen LogP contribution in [0, 0.1) is 5.82 Å². The van der Waals surface area contributed by atoms with Gasteiger partial charge >= 0.3 is 0 Å². The molecule has 0 aliphatic carbocycles. The molecule has 8 heteroatoms. The Hall–Kier alpha value is -3.03. The normalized spacial score (nSPS) is 10.7. The van der Waals surface area contributed by atoms with E-state index < -0.39 is 17.2 Å². The van der Waals surface area contributed by atoms with Crippen molar-refractivity contribution in [3.05, 3.63) is 75.3 Å². The van der Waals surface area contributed by atoms with Gasteiger partial charge in [0.25, 0.3) is 5.56 Å². The van der Waals surface area contributed by atoms with E-state index in [0.717, 1.165) is 4.68 Å². The van der Waals surface area contributed by atoms with Crippen molar-refractivity contribution >= 4 is 28.8 Å². The van der Waals surface area contributed by atoms with Crippen LogP contribution in [-0.4, -0.2) is 27.3 Å². The predicted octanol–water partition coefficient (Wildman–Crippen LogP) is 3.64. The molecule has 2 N–H and O–H groups in total. The van der Waals surface area contributed by atoms with Gasteiger partial charge in [-0.1, -0.05) is 35.9 Å². The fraction of sp³-hybridized carbons (Fsp3) is 0.150. The lowest BCUT2D eigenvalue weighted by Gasteiger charge is -2.17. The maximum Gasteiger partial charge on any atom is 0.291 e. The number of carbonyl (C=O) groups excluding carboxylic acids is 1. The van der Waals surface area contributed by atoms with Gasteiger partial charge in [0.1, 0.15) is 17.2 Å². The summed E-state index contributed by atoms with van der Waals surface area (Å²) >= 11 is 6.18. The van der Waals surface area contributed by atoms with Crippen LogP contribution in [0.3, 0.4) is 0 Å². The van der Waals surface area contributed by atoms with Crippen molar-refractivity contribution in [1.29, 1.82) is 0 Å². The summed E-state index contributed by atoms with van der Waals surface area (Å²) in [7, 11) is 0. The van der Waals surface area contributed by atoms with Crippen LogP contribution in [0.25, 0.3) is 11.3 Å². The molecule has 0 aliphatic heterocycles. The number of hydrogen-bond acceptors (Lipinski definition) is 5. The summed E-state index contributed by atoms with van der Waals surface area (Å²) in [5.41, 5.74) is 0.275. The van der Waals surface area contributed by atoms with Gasteiger partial charge in [0.15, 0.2) is 5.78 Å². The first-order chi connectivity index (χ1) is 13.4. The molecule has 0 aliphatic rings. The molecule has 0 fully saturated rings. The van der Waals surface area contributed by atoms with Gasteiger partial charge in [-0.15, -0.1) is 0 Å². The number of nitrogens with zero attached hydrogens (tertiary/aromatic N) is 2. The van der Waals surface area contributed by atoms with Crippen molar-refractivity contribution in [2.24, 2.45) is 0 Å². The number of anilines is 2. The molecule has 0 bridgehead atoms. The minimum Gasteiger partial charge on any atom is -0.394 e. The largest absolute Gasteiger partial charge is 0.394 e. The van der Waals surface area contributed by atoms with E-state index in [-0.39, 0.29) is 30.1 Å². The van der Waals surface area contributed by atoms with Gasteiger partial charge in [0, 0.05) is 5.56 Å². The quantitative estimate of drug-likeness (QED) is 0.616. The van der Waals surface area contributed by atoms with Gasteiger partial charge in [0.05, 0.1) is 29.4 Å². The summed E-state index contributed by atoms with van der Waals surface area (Å²) in [6.07, 6.45) is 0. The molecule has 0 saturated carbocycles. The van der Waals surface area contributed by atoms with Gasteiger partial charge in [-0.3, -0.25) is 9.59 Å². The Bertz CT molecular complexity index is 1100. The van der Waals surface area contributed by atoms with Gasteiger partial charge in [-0.05, 0) is 31.2 Å². The molecule has 0 spiro atoms. The van der Waals surface area contributed by atoms with Crippen LogP contribution in [0.2, 0.25) is 5.02 Å². The van der Waals surface area contributed by atoms with Gasteiger partial charge in [-0.25, -0.2) is 9.07 Å². The zero-order valence-electron chi connectivity index (χ0n) is 14.9. The molecule has 0 saturated heterocycles. The summed E-state index contributed by atoms with van der Waals surface area (Å²) in [4.78, 5) is 25.3. The number of aromatic nitrogens is 2. The minimum absolute atomic E-state index is 0.0182. The number of ketones is 1. The summed E-state index contributed by atoms with van der Waals surface area (Å²) in [5, 5.41) is 16.8. The second kappa shape index (κ2) is 8.33. The number of Topliss-reactive ketones (excluding diaryl/α,β-unsaturated/α-hetero) is 1. The average Bonchev–Trinajstić information content (AvgIpc) is 2.66. The smallest absolute Gasteiger partial charge is 0.291 e. The third-order valence-corrected chi connectivity index (χ3v) is 4.38.